The number of likely N-dealkylation sites (N-methyl/N-ethyl adjacent to an activating group) is 1. The highest BCUT2D eigenvalue weighted by molar-refractivity contribution is 9.10. The molecule has 210 valence electrons. The molecule has 7 rings (SSSR count). The molecule has 4 heterocycles. The number of hydrogen-bond donors (Lipinski definition) is 0. The number of rotatable bonds is 5. The maximum atomic E-state index is 13.3. The number of pyridine rings is 1. The predicted molar refractivity (Wildman–Crippen MR) is 163 cm³/mol. The first-order valence-corrected chi connectivity index (χ1v) is 15.8. The summed E-state index contributed by atoms with van der Waals surface area (Å²) in [6.45, 7) is 4.94. The highest BCUT2D eigenvalue weighted by atomic mass is 79.9. The monoisotopic (exact) mass is 630 g/mol. The molecule has 1 saturated carbocycles. The van der Waals surface area contributed by atoms with Gasteiger partial charge in [0.1, 0.15) is 5.78 Å². The van der Waals surface area contributed by atoms with Crippen molar-refractivity contribution >= 4 is 39.0 Å². The molecule has 0 bridgehead atoms. The smallest absolute Gasteiger partial charge is 0.253 e. The standard InChI is InChI=1S/C31H31BrN6O2S/c1-18(39)21-6-7-22(21)30-34-25-9-8-23-27(20-4-3-11-33-17-20)35-38(28(23)29(25)41-30)26-10-5-19(16-24(26)32)31(40)37-14-12-36(2)13-15-37/h3-5,10-11,16-17,21-22H,6-9,12-15H2,1-2H3. The summed E-state index contributed by atoms with van der Waals surface area (Å²) in [5.74, 6) is 0.609. The third-order valence-electron chi connectivity index (χ3n) is 8.79. The average molecular weight is 632 g/mol. The lowest BCUT2D eigenvalue weighted by atomic mass is 9.72. The number of fused-ring (bicyclic) bond motifs is 3. The van der Waals surface area contributed by atoms with Crippen LogP contribution in [-0.4, -0.2) is 74.5 Å². The van der Waals surface area contributed by atoms with Gasteiger partial charge in [-0.25, -0.2) is 9.67 Å². The number of carbonyl (C=O) groups excluding carboxylic acids is 2. The van der Waals surface area contributed by atoms with Gasteiger partial charge < -0.3 is 9.80 Å². The van der Waals surface area contributed by atoms with E-state index < -0.39 is 0 Å². The van der Waals surface area contributed by atoms with Crippen LogP contribution in [0.5, 0.6) is 0 Å². The molecule has 1 amide bonds. The van der Waals surface area contributed by atoms with Crippen LogP contribution in [-0.2, 0) is 17.6 Å². The van der Waals surface area contributed by atoms with Crippen LogP contribution >= 0.6 is 27.3 Å². The van der Waals surface area contributed by atoms with E-state index >= 15 is 0 Å². The van der Waals surface area contributed by atoms with Gasteiger partial charge >= 0.3 is 0 Å². The third kappa shape index (κ3) is 4.66. The summed E-state index contributed by atoms with van der Waals surface area (Å²) in [6.07, 6.45) is 7.27. The van der Waals surface area contributed by atoms with Crippen LogP contribution in [0, 0.1) is 5.92 Å². The van der Waals surface area contributed by atoms with Gasteiger partial charge in [0.2, 0.25) is 0 Å². The van der Waals surface area contributed by atoms with Crippen molar-refractivity contribution < 1.29 is 9.59 Å². The van der Waals surface area contributed by atoms with Crippen molar-refractivity contribution in [2.24, 2.45) is 5.92 Å². The second-order valence-electron chi connectivity index (χ2n) is 11.3. The van der Waals surface area contributed by atoms with Gasteiger partial charge in [0, 0.05) is 71.6 Å². The van der Waals surface area contributed by atoms with Gasteiger partial charge in [-0.05, 0) is 85.9 Å². The molecule has 2 unspecified atom stereocenters. The number of thiazole rings is 1. The van der Waals surface area contributed by atoms with E-state index in [-0.39, 0.29) is 23.5 Å². The average Bonchev–Trinajstić information content (AvgIpc) is 3.54. The SMILES string of the molecule is CC(=O)C1CCC1c1nc2c(s1)-c1c(c(-c3cccnc3)nn1-c1ccc(C(=O)N3CCN(C)CC3)cc1Br)CC2. The number of aromatic nitrogens is 4. The van der Waals surface area contributed by atoms with Crippen molar-refractivity contribution in [3.8, 4) is 27.5 Å². The Morgan fingerprint density at radius 1 is 1.07 bits per heavy atom. The van der Waals surface area contributed by atoms with Crippen LogP contribution in [0.4, 0.5) is 0 Å². The van der Waals surface area contributed by atoms with Crippen LogP contribution in [0.3, 0.4) is 0 Å². The minimum Gasteiger partial charge on any atom is -0.336 e. The molecular formula is C31H31BrN6O2S. The Kier molecular flexibility index (Phi) is 6.87. The second kappa shape index (κ2) is 10.6. The number of halogens is 1. The Bertz CT molecular complexity index is 1660. The number of carbonyl (C=O) groups is 2. The fourth-order valence-corrected chi connectivity index (χ4v) is 8.16. The maximum Gasteiger partial charge on any atom is 0.253 e. The number of piperazine rings is 1. The molecule has 41 heavy (non-hydrogen) atoms. The van der Waals surface area contributed by atoms with Crippen molar-refractivity contribution in [2.75, 3.05) is 33.2 Å². The molecule has 10 heteroatoms. The number of ketones is 1. The quantitative estimate of drug-likeness (QED) is 0.294. The largest absolute Gasteiger partial charge is 0.336 e. The van der Waals surface area contributed by atoms with E-state index in [9.17, 15) is 9.59 Å². The number of aryl methyl sites for hydroxylation is 1. The highest BCUT2D eigenvalue weighted by Crippen LogP contribution is 2.49. The van der Waals surface area contributed by atoms with Crippen LogP contribution in [0.15, 0.2) is 47.2 Å². The molecule has 8 nitrogen and oxygen atoms in total. The summed E-state index contributed by atoms with van der Waals surface area (Å²) in [4.78, 5) is 40.2. The van der Waals surface area contributed by atoms with Crippen molar-refractivity contribution in [3.05, 3.63) is 69.0 Å². The molecule has 2 atom stereocenters. The Morgan fingerprint density at radius 2 is 1.90 bits per heavy atom. The Hall–Kier alpha value is -3.21. The summed E-state index contributed by atoms with van der Waals surface area (Å²) in [6, 6.07) is 9.80. The van der Waals surface area contributed by atoms with Gasteiger partial charge in [-0.15, -0.1) is 11.3 Å². The van der Waals surface area contributed by atoms with Gasteiger partial charge in [-0.1, -0.05) is 0 Å². The summed E-state index contributed by atoms with van der Waals surface area (Å²) in [5, 5.41) is 6.23. The lowest BCUT2D eigenvalue weighted by Gasteiger charge is -2.33. The molecule has 0 radical (unpaired) electrons. The molecule has 4 aromatic rings. The fourth-order valence-electron chi connectivity index (χ4n) is 6.24. The number of amides is 1. The summed E-state index contributed by atoms with van der Waals surface area (Å²) >= 11 is 5.50. The number of benzene rings is 1. The summed E-state index contributed by atoms with van der Waals surface area (Å²) in [5.41, 5.74) is 6.75. The number of hydrogen-bond acceptors (Lipinski definition) is 7. The zero-order valence-corrected chi connectivity index (χ0v) is 25.5. The minimum absolute atomic E-state index is 0.0544. The normalized spacial score (nSPS) is 20.3. The third-order valence-corrected chi connectivity index (χ3v) is 10.7. The number of Topliss-reactive ketones (excluding diaryl/α,β-unsaturated/α-hetero) is 1. The van der Waals surface area contributed by atoms with Gasteiger partial charge in [0.25, 0.3) is 5.91 Å². The Morgan fingerprint density at radius 3 is 2.59 bits per heavy atom. The van der Waals surface area contributed by atoms with Crippen molar-refractivity contribution in [3.63, 3.8) is 0 Å². The molecule has 1 aromatic carbocycles. The lowest BCUT2D eigenvalue weighted by Crippen LogP contribution is -2.47. The molecule has 3 aromatic heterocycles. The van der Waals surface area contributed by atoms with E-state index in [1.807, 2.05) is 46.1 Å². The summed E-state index contributed by atoms with van der Waals surface area (Å²) in [7, 11) is 2.09. The molecule has 0 N–H and O–H groups in total. The van der Waals surface area contributed by atoms with E-state index in [0.29, 0.717) is 5.56 Å². The molecule has 2 aliphatic carbocycles. The molecule has 0 spiro atoms. The molecular weight excluding hydrogens is 600 g/mol. The topological polar surface area (TPSA) is 84.2 Å². The first-order valence-electron chi connectivity index (χ1n) is 14.2. The first kappa shape index (κ1) is 26.7. The van der Waals surface area contributed by atoms with Crippen LogP contribution < -0.4 is 0 Å². The minimum atomic E-state index is 0.0544. The van der Waals surface area contributed by atoms with Crippen LogP contribution in [0.2, 0.25) is 0 Å². The second-order valence-corrected chi connectivity index (χ2v) is 13.2. The first-order chi connectivity index (χ1) is 19.9. The zero-order chi connectivity index (χ0) is 28.2. The van der Waals surface area contributed by atoms with Gasteiger partial charge in [0.05, 0.1) is 32.7 Å². The fraction of sp³-hybridized carbons (Fsp3) is 0.387. The van der Waals surface area contributed by atoms with Crippen LogP contribution in [0.1, 0.15) is 52.3 Å². The van der Waals surface area contributed by atoms with E-state index in [4.69, 9.17) is 10.1 Å². The highest BCUT2D eigenvalue weighted by Gasteiger charge is 2.39. The van der Waals surface area contributed by atoms with Gasteiger partial charge in [-0.3, -0.25) is 14.6 Å². The predicted octanol–water partition coefficient (Wildman–Crippen LogP) is 5.39. The summed E-state index contributed by atoms with van der Waals surface area (Å²) < 4.78 is 2.82. The lowest BCUT2D eigenvalue weighted by molar-refractivity contribution is -0.123. The molecule has 3 aliphatic rings. The van der Waals surface area contributed by atoms with E-state index in [1.54, 1.807) is 24.5 Å². The Labute approximate surface area is 251 Å². The molecule has 1 saturated heterocycles. The van der Waals surface area contributed by atoms with E-state index in [0.717, 1.165) is 94.6 Å². The maximum absolute atomic E-state index is 13.3. The van der Waals surface area contributed by atoms with Gasteiger partial charge in [-0.2, -0.15) is 5.10 Å². The Balaban J connectivity index is 1.31. The zero-order valence-electron chi connectivity index (χ0n) is 23.1. The molecule has 2 fully saturated rings. The van der Waals surface area contributed by atoms with Crippen LogP contribution in [0.25, 0.3) is 27.5 Å². The van der Waals surface area contributed by atoms with E-state index in [1.165, 1.54) is 5.56 Å². The molecule has 1 aliphatic heterocycles. The van der Waals surface area contributed by atoms with Crippen molar-refractivity contribution in [1.82, 2.24) is 29.5 Å². The van der Waals surface area contributed by atoms with Gasteiger partial charge in [0.15, 0.2) is 0 Å². The van der Waals surface area contributed by atoms with Crippen molar-refractivity contribution in [2.45, 2.75) is 38.5 Å². The van der Waals surface area contributed by atoms with E-state index in [2.05, 4.69) is 32.9 Å². The number of nitrogens with zero attached hydrogens (tertiary/aromatic N) is 6. The van der Waals surface area contributed by atoms with Crippen molar-refractivity contribution in [1.29, 1.82) is 0 Å².